The summed E-state index contributed by atoms with van der Waals surface area (Å²) in [5.74, 6) is 0. The second-order valence-electron chi connectivity index (χ2n) is 0.448. The summed E-state index contributed by atoms with van der Waals surface area (Å²) in [5, 5.41) is 0. The van der Waals surface area contributed by atoms with E-state index in [1.807, 2.05) is 0 Å². The Kier molecular flexibility index (Phi) is 4.50. The van der Waals surface area contributed by atoms with Gasteiger partial charge in [-0.25, -0.2) is 0 Å². The molecule has 0 amide bonds. The van der Waals surface area contributed by atoms with Crippen LogP contribution in [0.1, 0.15) is 0 Å². The first-order valence-corrected chi connectivity index (χ1v) is 5.72. The van der Waals surface area contributed by atoms with Crippen LogP contribution in [0.5, 0.6) is 0 Å². The summed E-state index contributed by atoms with van der Waals surface area (Å²) in [6.45, 7) is 0. The van der Waals surface area contributed by atoms with Gasteiger partial charge in [0, 0.05) is 0 Å². The molecule has 1 atom stereocenters. The van der Waals surface area contributed by atoms with E-state index in [2.05, 4.69) is 0 Å². The first-order chi connectivity index (χ1) is 2.00. The molecule has 6 heavy (non-hydrogen) atoms. The Balaban J connectivity index is 0. The molecule has 0 rings (SSSR count). The predicted molar refractivity (Wildman–Crippen MR) is 16.9 cm³/mol. The van der Waals surface area contributed by atoms with Gasteiger partial charge < -0.3 is 0 Å². The Bertz CT molecular complexity index is 90.7. The normalized spacial score (nSPS) is 9.67. The van der Waals surface area contributed by atoms with Gasteiger partial charge in [0.2, 0.25) is 0 Å². The molecule has 0 aromatic carbocycles. The second-order valence-corrected chi connectivity index (χ2v) is 3.67. The van der Waals surface area contributed by atoms with Gasteiger partial charge in [-0.2, -0.15) is 9.90 Å². The Labute approximate surface area is 41.5 Å². The third-order valence-corrected chi connectivity index (χ3v) is 0. The average Bonchev–Trinajstić information content (AvgIpc) is 0.722. The summed E-state index contributed by atoms with van der Waals surface area (Å²) >= 11 is -5.67. The third kappa shape index (κ3) is 151. The van der Waals surface area contributed by atoms with Crippen molar-refractivity contribution in [3.63, 3.8) is 0 Å². The Morgan fingerprint density at radius 2 is 1.17 bits per heavy atom. The van der Waals surface area contributed by atoms with Crippen LogP contribution in [-0.2, 0) is 23.5 Å². The zero-order valence-electron chi connectivity index (χ0n) is 2.83. The third-order valence-electron chi connectivity index (χ3n) is 0. The molecule has 0 aliphatic heterocycles. The first-order valence-electron chi connectivity index (χ1n) is 0.698. The van der Waals surface area contributed by atoms with Gasteiger partial charge in [0.05, 0.1) is 0 Å². The number of rotatable bonds is 0. The van der Waals surface area contributed by atoms with Gasteiger partial charge in [0.15, 0.2) is 0 Å². The summed E-state index contributed by atoms with van der Waals surface area (Å²) in [5.41, 5.74) is 0. The zero-order chi connectivity index (χ0) is 4.50. The van der Waals surface area contributed by atoms with Crippen molar-refractivity contribution in [2.45, 2.75) is 0 Å². The van der Waals surface area contributed by atoms with E-state index in [4.69, 9.17) is 14.3 Å². The van der Waals surface area contributed by atoms with Gasteiger partial charge in [-0.05, 0) is 0 Å². The molecule has 0 spiro atoms. The maximum atomic E-state index is 8.87. The van der Waals surface area contributed by atoms with E-state index >= 15 is 0 Å². The number of hydrogen-bond acceptors (Lipinski definition) is 2. The van der Waals surface area contributed by atoms with E-state index in [9.17, 15) is 0 Å². The van der Waals surface area contributed by atoms with Crippen LogP contribution >= 0.6 is 9.90 Å². The standard InChI is InChI=1S/2H2O.2O.H3P.W/h2*1H2;;;1H3;/q;;;;;+2/p-2. The van der Waals surface area contributed by atoms with Crippen molar-refractivity contribution in [1.82, 2.24) is 0 Å². The van der Waals surface area contributed by atoms with E-state index in [1.54, 1.807) is 0 Å². The molecule has 0 aromatic rings. The zero-order valence-corrected chi connectivity index (χ0v) is 7.17. The molecular formula is H5O4PW. The molecule has 0 bridgehead atoms. The van der Waals surface area contributed by atoms with Crippen LogP contribution in [0.25, 0.3) is 0 Å². The second kappa shape index (κ2) is 2.75. The van der Waals surface area contributed by atoms with Crippen LogP contribution in [-0.4, -0.2) is 7.52 Å². The van der Waals surface area contributed by atoms with Crippen LogP contribution in [0, 0.1) is 0 Å². The van der Waals surface area contributed by atoms with Gasteiger partial charge >= 0.3 is 31.1 Å². The molecule has 0 heterocycles. The van der Waals surface area contributed by atoms with Gasteiger partial charge in [-0.3, -0.25) is 0 Å². The van der Waals surface area contributed by atoms with Crippen molar-refractivity contribution >= 4 is 9.90 Å². The summed E-state index contributed by atoms with van der Waals surface area (Å²) in [7, 11) is 0. The molecule has 6 heteroatoms. The molecule has 40 valence electrons. The molecule has 0 saturated heterocycles. The first kappa shape index (κ1) is 9.81. The molecular weight excluding hydrogens is 279 g/mol. The SMILES string of the molecule is P.[O]=[W](=[O])([OH])[OH]. The average molecular weight is 284 g/mol. The summed E-state index contributed by atoms with van der Waals surface area (Å²) < 4.78 is 32.1. The van der Waals surface area contributed by atoms with Gasteiger partial charge in [-0.15, -0.1) is 0 Å². The van der Waals surface area contributed by atoms with Crippen molar-refractivity contribution in [2.24, 2.45) is 0 Å². The minimum absolute atomic E-state index is 0. The molecule has 0 saturated carbocycles. The van der Waals surface area contributed by atoms with Gasteiger partial charge in [-0.1, -0.05) is 0 Å². The minimum atomic E-state index is -5.67. The quantitative estimate of drug-likeness (QED) is 0.542. The van der Waals surface area contributed by atoms with Crippen molar-refractivity contribution in [1.29, 1.82) is 0 Å². The molecule has 2 N–H and O–H groups in total. The topological polar surface area (TPSA) is 74.6 Å². The molecule has 0 aliphatic rings. The molecule has 0 aliphatic carbocycles. The maximum absolute atomic E-state index is 8.87. The van der Waals surface area contributed by atoms with Crippen molar-refractivity contribution < 1.29 is 31.1 Å². The van der Waals surface area contributed by atoms with Crippen LogP contribution < -0.4 is 0 Å². The Hall–Kier alpha value is 0.638. The van der Waals surface area contributed by atoms with E-state index < -0.39 is 16.7 Å². The summed E-state index contributed by atoms with van der Waals surface area (Å²) in [6.07, 6.45) is 0. The molecule has 4 nitrogen and oxygen atoms in total. The summed E-state index contributed by atoms with van der Waals surface area (Å²) in [6, 6.07) is 0. The number of hydrogen-bond donors (Lipinski definition) is 2. The molecule has 0 radical (unpaired) electrons. The fourth-order valence-electron chi connectivity index (χ4n) is 0. The van der Waals surface area contributed by atoms with Crippen LogP contribution in [0.2, 0.25) is 0 Å². The van der Waals surface area contributed by atoms with Crippen molar-refractivity contribution in [3.8, 4) is 0 Å². The molecule has 1 unspecified atom stereocenters. The van der Waals surface area contributed by atoms with Gasteiger partial charge in [0.1, 0.15) is 0 Å². The van der Waals surface area contributed by atoms with Crippen LogP contribution in [0.4, 0.5) is 0 Å². The van der Waals surface area contributed by atoms with Crippen LogP contribution in [0.15, 0.2) is 0 Å². The van der Waals surface area contributed by atoms with Crippen LogP contribution in [0.3, 0.4) is 0 Å². The predicted octanol–water partition coefficient (Wildman–Crippen LogP) is -1.30. The summed E-state index contributed by atoms with van der Waals surface area (Å²) in [4.78, 5) is 0. The van der Waals surface area contributed by atoms with E-state index in [1.165, 1.54) is 0 Å². The fraction of sp³-hybridized carbons (Fsp3) is 0. The van der Waals surface area contributed by atoms with Gasteiger partial charge in [0.25, 0.3) is 0 Å². The van der Waals surface area contributed by atoms with E-state index in [0.29, 0.717) is 0 Å². The van der Waals surface area contributed by atoms with E-state index in [0.717, 1.165) is 0 Å². The van der Waals surface area contributed by atoms with E-state index in [-0.39, 0.29) is 9.90 Å². The molecule has 0 fully saturated rings. The van der Waals surface area contributed by atoms with Crippen molar-refractivity contribution in [3.05, 3.63) is 0 Å². The monoisotopic (exact) mass is 284 g/mol. The Morgan fingerprint density at radius 1 is 1.17 bits per heavy atom. The van der Waals surface area contributed by atoms with Crippen molar-refractivity contribution in [2.75, 3.05) is 0 Å². The molecule has 0 aromatic heterocycles. The fourth-order valence-corrected chi connectivity index (χ4v) is 0. The Morgan fingerprint density at radius 3 is 1.17 bits per heavy atom.